The molecule has 0 fully saturated rings. The van der Waals surface area contributed by atoms with Gasteiger partial charge in [0.25, 0.3) is 0 Å². The van der Waals surface area contributed by atoms with Gasteiger partial charge in [0.2, 0.25) is 0 Å². The largest absolute Gasteiger partial charge is 0.329 e. The van der Waals surface area contributed by atoms with E-state index in [9.17, 15) is 0 Å². The molecule has 54 valence electrons. The Hall–Kier alpha value is -0.540. The van der Waals surface area contributed by atoms with Crippen molar-refractivity contribution in [1.82, 2.24) is 5.43 Å². The van der Waals surface area contributed by atoms with Crippen molar-refractivity contribution < 1.29 is 0 Å². The van der Waals surface area contributed by atoms with Gasteiger partial charge in [0, 0.05) is 12.2 Å². The van der Waals surface area contributed by atoms with Crippen molar-refractivity contribution in [2.75, 3.05) is 6.54 Å². The molecule has 0 aliphatic rings. The van der Waals surface area contributed by atoms with Crippen molar-refractivity contribution in [2.45, 2.75) is 20.3 Å². The normalized spacial score (nSPS) is 12.9. The molecule has 0 spiro atoms. The minimum absolute atomic E-state index is 0.590. The third kappa shape index (κ3) is 2.49. The van der Waals surface area contributed by atoms with Gasteiger partial charge in [0.1, 0.15) is 0 Å². The molecule has 0 aliphatic heterocycles. The number of rotatable bonds is 3. The lowest BCUT2D eigenvalue weighted by atomic mass is 10.2. The predicted molar refractivity (Wildman–Crippen MR) is 39.4 cm³/mol. The molecule has 0 aromatic carbocycles. The maximum absolute atomic E-state index is 5.41. The molecule has 3 nitrogen and oxygen atoms in total. The lowest BCUT2D eigenvalue weighted by Gasteiger charge is -2.05. The summed E-state index contributed by atoms with van der Waals surface area (Å²) in [6, 6.07) is 0. The van der Waals surface area contributed by atoms with Gasteiger partial charge in [0.05, 0.1) is 0 Å². The molecule has 0 rings (SSSR count). The maximum atomic E-state index is 5.41. The van der Waals surface area contributed by atoms with Crippen molar-refractivity contribution in [3.05, 3.63) is 11.3 Å². The Morgan fingerprint density at radius 1 is 1.56 bits per heavy atom. The Balaban J connectivity index is 4.01. The second-order valence-corrected chi connectivity index (χ2v) is 1.93. The lowest BCUT2D eigenvalue weighted by molar-refractivity contribution is 0.831. The zero-order valence-corrected chi connectivity index (χ0v) is 6.07. The molecule has 3 heteroatoms. The summed E-state index contributed by atoms with van der Waals surface area (Å²) < 4.78 is 0. The monoisotopic (exact) mass is 129 g/mol. The van der Waals surface area contributed by atoms with Crippen molar-refractivity contribution in [1.29, 1.82) is 0 Å². The van der Waals surface area contributed by atoms with Gasteiger partial charge in [0.15, 0.2) is 0 Å². The van der Waals surface area contributed by atoms with Crippen LogP contribution >= 0.6 is 0 Å². The van der Waals surface area contributed by atoms with Crippen molar-refractivity contribution in [2.24, 2.45) is 11.6 Å². The van der Waals surface area contributed by atoms with Crippen molar-refractivity contribution in [3.8, 4) is 0 Å². The smallest absolute Gasteiger partial charge is 0.0232 e. The number of hydrogen-bond acceptors (Lipinski definition) is 3. The molecule has 0 unspecified atom stereocenters. The van der Waals surface area contributed by atoms with Gasteiger partial charge in [-0.1, -0.05) is 6.92 Å². The van der Waals surface area contributed by atoms with E-state index in [-0.39, 0.29) is 0 Å². The molecular weight excluding hydrogens is 114 g/mol. The fraction of sp³-hybridized carbons (Fsp3) is 0.667. The van der Waals surface area contributed by atoms with Crippen LogP contribution in [0.2, 0.25) is 0 Å². The van der Waals surface area contributed by atoms with Gasteiger partial charge in [-0.3, -0.25) is 5.84 Å². The minimum Gasteiger partial charge on any atom is -0.329 e. The van der Waals surface area contributed by atoms with Crippen LogP contribution in [0.25, 0.3) is 0 Å². The summed E-state index contributed by atoms with van der Waals surface area (Å²) in [5.41, 5.74) is 10.1. The predicted octanol–water partition coefficient (Wildman–Crippen LogP) is 0.0924. The van der Waals surface area contributed by atoms with E-state index in [1.54, 1.807) is 0 Å². The highest BCUT2D eigenvalue weighted by atomic mass is 15.2. The molecule has 5 N–H and O–H groups in total. The van der Waals surface area contributed by atoms with Crippen LogP contribution in [0.15, 0.2) is 11.3 Å². The van der Waals surface area contributed by atoms with Crippen LogP contribution in [0.3, 0.4) is 0 Å². The van der Waals surface area contributed by atoms with Crippen LogP contribution < -0.4 is 17.0 Å². The van der Waals surface area contributed by atoms with E-state index in [2.05, 4.69) is 12.3 Å². The zero-order valence-electron chi connectivity index (χ0n) is 6.07. The summed E-state index contributed by atoms with van der Waals surface area (Å²) in [6.07, 6.45) is 0.965. The molecule has 0 aromatic heterocycles. The first kappa shape index (κ1) is 8.46. The highest BCUT2D eigenvalue weighted by molar-refractivity contribution is 5.10. The van der Waals surface area contributed by atoms with Gasteiger partial charge in [-0.25, -0.2) is 0 Å². The number of hydrazine groups is 1. The highest BCUT2D eigenvalue weighted by Gasteiger charge is 1.93. The van der Waals surface area contributed by atoms with Gasteiger partial charge < -0.3 is 11.2 Å². The Bertz CT molecular complexity index is 101. The summed E-state index contributed by atoms with van der Waals surface area (Å²) in [5, 5.41) is 0. The Morgan fingerprint density at radius 2 is 2.11 bits per heavy atom. The zero-order chi connectivity index (χ0) is 7.28. The summed E-state index contributed by atoms with van der Waals surface area (Å²) >= 11 is 0. The fourth-order valence-corrected chi connectivity index (χ4v) is 0.665. The molecule has 9 heavy (non-hydrogen) atoms. The SMILES string of the molecule is CC/C(CN)=C(\C)NN. The molecule has 0 heterocycles. The third-order valence-electron chi connectivity index (χ3n) is 1.42. The quantitative estimate of drug-likeness (QED) is 0.374. The topological polar surface area (TPSA) is 64.1 Å². The van der Waals surface area contributed by atoms with E-state index in [0.29, 0.717) is 6.54 Å². The fourth-order valence-electron chi connectivity index (χ4n) is 0.665. The molecule has 0 bridgehead atoms. The van der Waals surface area contributed by atoms with E-state index in [1.807, 2.05) is 6.92 Å². The number of hydrogen-bond donors (Lipinski definition) is 3. The second-order valence-electron chi connectivity index (χ2n) is 1.93. The number of nitrogens with one attached hydrogen (secondary N) is 1. The van der Waals surface area contributed by atoms with Crippen LogP contribution in [0.5, 0.6) is 0 Å². The molecule has 0 amide bonds. The minimum atomic E-state index is 0.590. The van der Waals surface area contributed by atoms with Gasteiger partial charge in [-0.15, -0.1) is 0 Å². The van der Waals surface area contributed by atoms with Crippen molar-refractivity contribution >= 4 is 0 Å². The molecule has 0 atom stereocenters. The van der Waals surface area contributed by atoms with Crippen LogP contribution in [0.1, 0.15) is 20.3 Å². The molecule has 0 saturated carbocycles. The van der Waals surface area contributed by atoms with Gasteiger partial charge in [-0.2, -0.15) is 0 Å². The van der Waals surface area contributed by atoms with Gasteiger partial charge >= 0.3 is 0 Å². The number of nitrogens with two attached hydrogens (primary N) is 2. The summed E-state index contributed by atoms with van der Waals surface area (Å²) in [4.78, 5) is 0. The Labute approximate surface area is 56.1 Å². The van der Waals surface area contributed by atoms with E-state index < -0.39 is 0 Å². The van der Waals surface area contributed by atoms with Crippen LogP contribution in [0, 0.1) is 0 Å². The number of allylic oxidation sites excluding steroid dienone is 1. The highest BCUT2D eigenvalue weighted by Crippen LogP contribution is 2.01. The average molecular weight is 129 g/mol. The maximum Gasteiger partial charge on any atom is 0.0232 e. The van der Waals surface area contributed by atoms with Crippen molar-refractivity contribution in [3.63, 3.8) is 0 Å². The van der Waals surface area contributed by atoms with Crippen LogP contribution in [-0.2, 0) is 0 Å². The average Bonchev–Trinajstić information content (AvgIpc) is 1.90. The standard InChI is InChI=1S/C6H15N3/c1-3-6(4-7)5(2)9-8/h9H,3-4,7-8H2,1-2H3/b6-5-. The first-order valence-corrected chi connectivity index (χ1v) is 3.11. The molecule has 0 aromatic rings. The summed E-state index contributed by atoms with van der Waals surface area (Å²) in [7, 11) is 0. The van der Waals surface area contributed by atoms with E-state index in [1.165, 1.54) is 5.57 Å². The lowest BCUT2D eigenvalue weighted by Crippen LogP contribution is -2.22. The molecular formula is C6H15N3. The van der Waals surface area contributed by atoms with Crippen LogP contribution in [-0.4, -0.2) is 6.54 Å². The second kappa shape index (κ2) is 4.35. The first-order valence-electron chi connectivity index (χ1n) is 3.11. The van der Waals surface area contributed by atoms with Gasteiger partial charge in [-0.05, 0) is 18.9 Å². The summed E-state index contributed by atoms with van der Waals surface area (Å²) in [5.74, 6) is 5.16. The van der Waals surface area contributed by atoms with Crippen LogP contribution in [0.4, 0.5) is 0 Å². The molecule has 0 aliphatic carbocycles. The van der Waals surface area contributed by atoms with E-state index in [4.69, 9.17) is 11.6 Å². The summed E-state index contributed by atoms with van der Waals surface area (Å²) in [6.45, 7) is 4.57. The third-order valence-corrected chi connectivity index (χ3v) is 1.42. The Kier molecular flexibility index (Phi) is 4.09. The van der Waals surface area contributed by atoms with E-state index in [0.717, 1.165) is 12.1 Å². The van der Waals surface area contributed by atoms with E-state index >= 15 is 0 Å². The first-order chi connectivity index (χ1) is 4.26. The Morgan fingerprint density at radius 3 is 2.22 bits per heavy atom. The molecule has 0 saturated heterocycles. The molecule has 0 radical (unpaired) electrons.